The minimum atomic E-state index is -4.23. The maximum Gasteiger partial charge on any atom is 0.389 e. The van der Waals surface area contributed by atoms with Crippen molar-refractivity contribution in [3.8, 4) is 11.3 Å². The van der Waals surface area contributed by atoms with Crippen LogP contribution in [0.3, 0.4) is 0 Å². The lowest BCUT2D eigenvalue weighted by Crippen LogP contribution is -2.11. The quantitative estimate of drug-likeness (QED) is 0.454. The lowest BCUT2D eigenvalue weighted by molar-refractivity contribution is -0.134. The predicted molar refractivity (Wildman–Crippen MR) is 112 cm³/mol. The molecule has 0 aliphatic rings. The Kier molecular flexibility index (Phi) is 5.65. The molecule has 0 radical (unpaired) electrons. The van der Waals surface area contributed by atoms with Gasteiger partial charge in [-0.1, -0.05) is 36.4 Å². The number of carboxylic acids is 1. The Morgan fingerprint density at radius 2 is 1.88 bits per heavy atom. The van der Waals surface area contributed by atoms with Crippen LogP contribution in [0.1, 0.15) is 33.7 Å². The molecule has 3 heterocycles. The monoisotopic (exact) mass is 440 g/mol. The minimum Gasteiger partial charge on any atom is -0.476 e. The zero-order valence-electron chi connectivity index (χ0n) is 17.1. The Labute approximate surface area is 181 Å². The van der Waals surface area contributed by atoms with Crippen molar-refractivity contribution in [2.75, 3.05) is 0 Å². The number of benzene rings is 1. The Morgan fingerprint density at radius 1 is 1.12 bits per heavy atom. The first-order valence-electron chi connectivity index (χ1n) is 9.88. The van der Waals surface area contributed by atoms with Gasteiger partial charge in [-0.25, -0.2) is 9.78 Å². The largest absolute Gasteiger partial charge is 0.476 e. The van der Waals surface area contributed by atoms with Gasteiger partial charge in [-0.2, -0.15) is 18.3 Å². The zero-order valence-corrected chi connectivity index (χ0v) is 17.1. The molecule has 6 nitrogen and oxygen atoms in total. The van der Waals surface area contributed by atoms with Crippen molar-refractivity contribution in [1.82, 2.24) is 19.7 Å². The number of hydrogen-bond acceptors (Lipinski definition) is 4. The molecule has 3 aromatic heterocycles. The molecule has 0 unspecified atom stereocenters. The summed E-state index contributed by atoms with van der Waals surface area (Å²) in [6.07, 6.45) is -2.39. The first kappa shape index (κ1) is 21.5. The molecular formula is C23H19F3N4O2. The van der Waals surface area contributed by atoms with Crippen LogP contribution in [0.15, 0.2) is 54.9 Å². The number of aromatic nitrogens is 4. The highest BCUT2D eigenvalue weighted by atomic mass is 19.4. The maximum atomic E-state index is 12.5. The van der Waals surface area contributed by atoms with E-state index in [1.165, 1.54) is 12.4 Å². The van der Waals surface area contributed by atoms with Gasteiger partial charge in [-0.05, 0) is 30.5 Å². The third-order valence-electron chi connectivity index (χ3n) is 5.12. The molecule has 32 heavy (non-hydrogen) atoms. The molecule has 0 amide bonds. The number of pyridine rings is 2. The molecule has 0 bridgehead atoms. The van der Waals surface area contributed by atoms with Crippen LogP contribution < -0.4 is 0 Å². The average Bonchev–Trinajstić information content (AvgIpc) is 3.10. The number of rotatable bonds is 6. The van der Waals surface area contributed by atoms with Gasteiger partial charge in [0.05, 0.1) is 23.1 Å². The smallest absolute Gasteiger partial charge is 0.389 e. The lowest BCUT2D eigenvalue weighted by atomic mass is 10.1. The van der Waals surface area contributed by atoms with E-state index in [-0.39, 0.29) is 18.7 Å². The fourth-order valence-corrected chi connectivity index (χ4v) is 3.69. The summed E-state index contributed by atoms with van der Waals surface area (Å²) in [5.74, 6) is -1.15. The van der Waals surface area contributed by atoms with Crippen LogP contribution in [0.5, 0.6) is 0 Å². The van der Waals surface area contributed by atoms with Crippen molar-refractivity contribution in [2.45, 2.75) is 32.5 Å². The van der Waals surface area contributed by atoms with E-state index in [1.807, 2.05) is 30.3 Å². The molecule has 0 aliphatic heterocycles. The van der Waals surface area contributed by atoms with E-state index in [1.54, 1.807) is 23.7 Å². The van der Waals surface area contributed by atoms with E-state index in [0.717, 1.165) is 11.1 Å². The normalized spacial score (nSPS) is 11.8. The molecule has 1 N–H and O–H groups in total. The predicted octanol–water partition coefficient (Wildman–Crippen LogP) is 5.04. The molecule has 0 aliphatic carbocycles. The Hall–Kier alpha value is -3.75. The molecule has 0 saturated carbocycles. The standard InChI is InChI=1S/C23H19F3N4O2/c1-14-11-15(12-28-17(14)7-9-23(24,25)26)13-30-21(16-5-3-2-4-6-16)19-18(29-30)8-10-27-20(19)22(31)32/h2-6,8,10-12H,7,9,13H2,1H3,(H,31,32). The van der Waals surface area contributed by atoms with Crippen molar-refractivity contribution in [2.24, 2.45) is 0 Å². The molecule has 9 heteroatoms. The van der Waals surface area contributed by atoms with Gasteiger partial charge in [0.1, 0.15) is 0 Å². The summed E-state index contributed by atoms with van der Waals surface area (Å²) in [5.41, 5.74) is 3.58. The second kappa shape index (κ2) is 8.41. The van der Waals surface area contributed by atoms with Gasteiger partial charge in [0.2, 0.25) is 0 Å². The van der Waals surface area contributed by atoms with Gasteiger partial charge < -0.3 is 5.11 Å². The highest BCUT2D eigenvalue weighted by Crippen LogP contribution is 2.31. The van der Waals surface area contributed by atoms with Crippen LogP contribution in [-0.4, -0.2) is 37.0 Å². The van der Waals surface area contributed by atoms with Gasteiger partial charge in [-0.15, -0.1) is 0 Å². The van der Waals surface area contributed by atoms with Crippen LogP contribution in [0.25, 0.3) is 22.2 Å². The minimum absolute atomic E-state index is 0.0931. The summed E-state index contributed by atoms with van der Waals surface area (Å²) in [4.78, 5) is 20.0. The topological polar surface area (TPSA) is 80.9 Å². The Balaban J connectivity index is 1.76. The summed E-state index contributed by atoms with van der Waals surface area (Å²) in [6, 6.07) is 12.7. The summed E-state index contributed by atoms with van der Waals surface area (Å²) < 4.78 is 39.3. The van der Waals surface area contributed by atoms with Crippen LogP contribution in [-0.2, 0) is 13.0 Å². The zero-order chi connectivity index (χ0) is 22.9. The SMILES string of the molecule is Cc1cc(Cn2nc3ccnc(C(=O)O)c3c2-c2ccccc2)cnc1CCC(F)(F)F. The molecule has 0 spiro atoms. The molecule has 0 atom stereocenters. The lowest BCUT2D eigenvalue weighted by Gasteiger charge is -2.12. The number of fused-ring (bicyclic) bond motifs is 1. The Morgan fingerprint density at radius 3 is 2.53 bits per heavy atom. The van der Waals surface area contributed by atoms with E-state index in [2.05, 4.69) is 15.1 Å². The van der Waals surface area contributed by atoms with E-state index in [4.69, 9.17) is 0 Å². The number of aryl methyl sites for hydroxylation is 2. The summed E-state index contributed by atoms with van der Waals surface area (Å²) in [7, 11) is 0. The number of hydrogen-bond donors (Lipinski definition) is 1. The molecule has 0 fully saturated rings. The van der Waals surface area contributed by atoms with Gasteiger partial charge in [0.25, 0.3) is 0 Å². The molecular weight excluding hydrogens is 421 g/mol. The third-order valence-corrected chi connectivity index (χ3v) is 5.12. The number of carbonyl (C=O) groups is 1. The maximum absolute atomic E-state index is 12.5. The van der Waals surface area contributed by atoms with E-state index in [9.17, 15) is 23.1 Å². The first-order chi connectivity index (χ1) is 15.2. The van der Waals surface area contributed by atoms with Crippen LogP contribution in [0, 0.1) is 6.92 Å². The fourth-order valence-electron chi connectivity index (χ4n) is 3.69. The molecule has 4 rings (SSSR count). The van der Waals surface area contributed by atoms with E-state index < -0.39 is 18.6 Å². The number of carboxylic acid groups (broad SMARTS) is 1. The van der Waals surface area contributed by atoms with Gasteiger partial charge in [0, 0.05) is 30.1 Å². The van der Waals surface area contributed by atoms with Gasteiger partial charge in [0.15, 0.2) is 5.69 Å². The second-order valence-electron chi connectivity index (χ2n) is 7.45. The second-order valence-corrected chi connectivity index (χ2v) is 7.45. The van der Waals surface area contributed by atoms with E-state index >= 15 is 0 Å². The van der Waals surface area contributed by atoms with Crippen molar-refractivity contribution >= 4 is 16.9 Å². The van der Waals surface area contributed by atoms with Gasteiger partial charge in [-0.3, -0.25) is 9.67 Å². The van der Waals surface area contributed by atoms with Crippen molar-refractivity contribution in [1.29, 1.82) is 0 Å². The highest BCUT2D eigenvalue weighted by molar-refractivity contribution is 6.06. The van der Waals surface area contributed by atoms with Crippen LogP contribution >= 0.6 is 0 Å². The number of alkyl halides is 3. The molecule has 4 aromatic rings. The molecule has 164 valence electrons. The number of aromatic carboxylic acids is 1. The van der Waals surface area contributed by atoms with Crippen molar-refractivity contribution in [3.63, 3.8) is 0 Å². The number of halogens is 3. The van der Waals surface area contributed by atoms with E-state index in [0.29, 0.717) is 27.9 Å². The van der Waals surface area contributed by atoms with Gasteiger partial charge >= 0.3 is 12.1 Å². The number of nitrogens with zero attached hydrogens (tertiary/aromatic N) is 4. The summed E-state index contributed by atoms with van der Waals surface area (Å²) >= 11 is 0. The highest BCUT2D eigenvalue weighted by Gasteiger charge is 2.27. The first-order valence-corrected chi connectivity index (χ1v) is 9.88. The summed E-state index contributed by atoms with van der Waals surface area (Å²) in [5, 5.41) is 14.7. The van der Waals surface area contributed by atoms with Crippen molar-refractivity contribution < 1.29 is 23.1 Å². The van der Waals surface area contributed by atoms with Crippen molar-refractivity contribution in [3.05, 3.63) is 77.4 Å². The third kappa shape index (κ3) is 4.46. The molecule has 1 aromatic carbocycles. The Bertz CT molecular complexity index is 1280. The summed E-state index contributed by atoms with van der Waals surface area (Å²) in [6.45, 7) is 2.00. The fraction of sp³-hybridized carbons (Fsp3) is 0.217. The average molecular weight is 440 g/mol. The molecule has 0 saturated heterocycles. The van der Waals surface area contributed by atoms with Crippen LogP contribution in [0.2, 0.25) is 0 Å². The van der Waals surface area contributed by atoms with Crippen LogP contribution in [0.4, 0.5) is 13.2 Å².